The van der Waals surface area contributed by atoms with Crippen LogP contribution in [-0.2, 0) is 0 Å². The summed E-state index contributed by atoms with van der Waals surface area (Å²) < 4.78 is 0. The monoisotopic (exact) mass is 319 g/mol. The molecule has 1 atom stereocenters. The minimum atomic E-state index is -0.178. The number of hydrogen-bond donors (Lipinski definition) is 1. The molecular weight excluding hydrogens is 302 g/mol. The molecule has 6 heteroatoms. The Kier molecular flexibility index (Phi) is 3.78. The summed E-state index contributed by atoms with van der Waals surface area (Å²) in [5.74, 6) is 0.772. The van der Waals surface area contributed by atoms with Crippen molar-refractivity contribution in [2.24, 2.45) is 10.1 Å². The van der Waals surface area contributed by atoms with Crippen LogP contribution in [0, 0.1) is 0 Å². The van der Waals surface area contributed by atoms with E-state index in [1.807, 2.05) is 35.5 Å². The van der Waals surface area contributed by atoms with Gasteiger partial charge in [0.1, 0.15) is 0 Å². The van der Waals surface area contributed by atoms with E-state index in [2.05, 4.69) is 20.4 Å². The number of nitrogens with one attached hydrogen (secondary N) is 1. The average Bonchev–Trinajstić information content (AvgIpc) is 3.17. The predicted octanol–water partition coefficient (Wildman–Crippen LogP) is 2.00. The number of Topliss-reactive ketones (excluding diaryl/α,β-unsaturated/α-hetero) is 1. The predicted molar refractivity (Wildman–Crippen MR) is 92.1 cm³/mol. The molecule has 120 valence electrons. The molecule has 0 radical (unpaired) electrons. The number of pyridine rings is 1. The maximum Gasteiger partial charge on any atom is 0.215 e. The van der Waals surface area contributed by atoms with Crippen LogP contribution < -0.4 is 5.32 Å². The van der Waals surface area contributed by atoms with Crippen LogP contribution in [0.25, 0.3) is 0 Å². The lowest BCUT2D eigenvalue weighted by molar-refractivity contribution is 0.0948. The molecule has 0 aliphatic carbocycles. The van der Waals surface area contributed by atoms with E-state index in [1.165, 1.54) is 0 Å². The second kappa shape index (κ2) is 6.23. The molecule has 0 saturated heterocycles. The summed E-state index contributed by atoms with van der Waals surface area (Å²) in [4.78, 5) is 21.2. The first-order chi connectivity index (χ1) is 11.8. The Hall–Kier alpha value is -3.02. The van der Waals surface area contributed by atoms with Gasteiger partial charge in [0.15, 0.2) is 5.78 Å². The highest BCUT2D eigenvalue weighted by Gasteiger charge is 2.31. The Morgan fingerprint density at radius 3 is 2.96 bits per heavy atom. The number of ketones is 1. The lowest BCUT2D eigenvalue weighted by Gasteiger charge is -2.32. The van der Waals surface area contributed by atoms with Crippen molar-refractivity contribution in [2.75, 3.05) is 13.1 Å². The van der Waals surface area contributed by atoms with E-state index >= 15 is 0 Å². The number of nitrogens with zero attached hydrogens (tertiary/aromatic N) is 4. The van der Waals surface area contributed by atoms with Gasteiger partial charge in [-0.2, -0.15) is 5.10 Å². The summed E-state index contributed by atoms with van der Waals surface area (Å²) in [6.07, 6.45) is 5.42. The molecule has 1 aromatic heterocycles. The Morgan fingerprint density at radius 2 is 2.17 bits per heavy atom. The molecule has 0 fully saturated rings. The average molecular weight is 319 g/mol. The zero-order valence-electron chi connectivity index (χ0n) is 13.1. The molecule has 0 bridgehead atoms. The molecule has 24 heavy (non-hydrogen) atoms. The summed E-state index contributed by atoms with van der Waals surface area (Å²) in [7, 11) is 0. The number of aliphatic imine (C=N–C) groups is 1. The third-order valence-corrected chi connectivity index (χ3v) is 4.21. The highest BCUT2D eigenvalue weighted by atomic mass is 16.1. The van der Waals surface area contributed by atoms with Gasteiger partial charge in [0.2, 0.25) is 5.96 Å². The summed E-state index contributed by atoms with van der Waals surface area (Å²) in [5, 5.41) is 9.59. The number of hydrogen-bond acceptors (Lipinski definition) is 6. The first-order valence-electron chi connectivity index (χ1n) is 7.96. The Morgan fingerprint density at radius 1 is 1.25 bits per heavy atom. The van der Waals surface area contributed by atoms with Gasteiger partial charge in [0.25, 0.3) is 0 Å². The largest absolute Gasteiger partial charge is 0.353 e. The maximum atomic E-state index is 12.7. The van der Waals surface area contributed by atoms with E-state index in [0.29, 0.717) is 12.0 Å². The van der Waals surface area contributed by atoms with Crippen molar-refractivity contribution in [3.63, 3.8) is 0 Å². The molecule has 0 spiro atoms. The quantitative estimate of drug-likeness (QED) is 0.879. The van der Waals surface area contributed by atoms with E-state index in [1.54, 1.807) is 24.5 Å². The lowest BCUT2D eigenvalue weighted by atomic mass is 9.93. The van der Waals surface area contributed by atoms with Crippen molar-refractivity contribution in [3.05, 3.63) is 65.5 Å². The fraction of sp³-hybridized carbons (Fsp3) is 0.222. The highest BCUT2D eigenvalue weighted by molar-refractivity contribution is 5.97. The fourth-order valence-corrected chi connectivity index (χ4v) is 3.03. The van der Waals surface area contributed by atoms with E-state index in [9.17, 15) is 4.79 Å². The van der Waals surface area contributed by atoms with Gasteiger partial charge in [0.05, 0.1) is 18.8 Å². The van der Waals surface area contributed by atoms with Crippen LogP contribution in [-0.4, -0.2) is 41.0 Å². The van der Waals surface area contributed by atoms with Crippen molar-refractivity contribution in [3.8, 4) is 0 Å². The molecule has 0 saturated carbocycles. The van der Waals surface area contributed by atoms with E-state index in [4.69, 9.17) is 0 Å². The highest BCUT2D eigenvalue weighted by Crippen LogP contribution is 2.31. The molecule has 2 aliphatic heterocycles. The zero-order chi connectivity index (χ0) is 16.4. The molecular formula is C18H17N5O. The van der Waals surface area contributed by atoms with Gasteiger partial charge < -0.3 is 5.32 Å². The topological polar surface area (TPSA) is 70.0 Å². The fourth-order valence-electron chi connectivity index (χ4n) is 3.03. The van der Waals surface area contributed by atoms with Gasteiger partial charge in [-0.05, 0) is 23.3 Å². The number of benzene rings is 1. The van der Waals surface area contributed by atoms with E-state index in [-0.39, 0.29) is 11.8 Å². The van der Waals surface area contributed by atoms with Crippen LogP contribution >= 0.6 is 0 Å². The number of hydrazone groups is 1. The van der Waals surface area contributed by atoms with Crippen LogP contribution in [0.1, 0.15) is 33.9 Å². The minimum Gasteiger partial charge on any atom is -0.353 e. The molecule has 3 heterocycles. The smallest absolute Gasteiger partial charge is 0.215 e. The third-order valence-electron chi connectivity index (χ3n) is 4.21. The number of guanidine groups is 1. The van der Waals surface area contributed by atoms with Gasteiger partial charge in [-0.3, -0.25) is 9.78 Å². The van der Waals surface area contributed by atoms with Gasteiger partial charge in [-0.1, -0.05) is 24.3 Å². The molecule has 6 nitrogen and oxygen atoms in total. The number of carbonyl (C=O) groups excluding carboxylic acids is 1. The number of fused-ring (bicyclic) bond motifs is 1. The molecule has 0 amide bonds. The van der Waals surface area contributed by atoms with Crippen LogP contribution in [0.3, 0.4) is 0 Å². The molecule has 4 rings (SSSR count). The van der Waals surface area contributed by atoms with Gasteiger partial charge in [-0.25, -0.2) is 10.0 Å². The van der Waals surface area contributed by atoms with E-state index in [0.717, 1.165) is 30.2 Å². The Balaban J connectivity index is 1.68. The van der Waals surface area contributed by atoms with Crippen LogP contribution in [0.15, 0.2) is 58.9 Å². The Bertz CT molecular complexity index is 815. The lowest BCUT2D eigenvalue weighted by Crippen LogP contribution is -2.40. The molecule has 1 unspecified atom stereocenters. The SMILES string of the molecule is O=C(CC1c2ccccc2C=NN1C1=NCCN1)c1cccnc1. The van der Waals surface area contributed by atoms with Crippen molar-refractivity contribution < 1.29 is 4.79 Å². The number of carbonyl (C=O) groups is 1. The van der Waals surface area contributed by atoms with Gasteiger partial charge >= 0.3 is 0 Å². The summed E-state index contributed by atoms with van der Waals surface area (Å²) in [6, 6.07) is 11.4. The maximum absolute atomic E-state index is 12.7. The standard InChI is InChI=1S/C18H17N5O/c24-17(14-5-3-7-19-11-14)10-16-15-6-2-1-4-13(15)12-22-23(16)18-20-8-9-21-18/h1-7,11-12,16H,8-10H2,(H,20,21). The molecule has 1 N–H and O–H groups in total. The number of rotatable bonds is 3. The molecule has 1 aromatic carbocycles. The second-order valence-corrected chi connectivity index (χ2v) is 5.73. The number of aromatic nitrogens is 1. The first-order valence-corrected chi connectivity index (χ1v) is 7.96. The third kappa shape index (κ3) is 2.67. The van der Waals surface area contributed by atoms with Crippen molar-refractivity contribution in [2.45, 2.75) is 12.5 Å². The first kappa shape index (κ1) is 14.6. The normalized spacial score (nSPS) is 18.8. The zero-order valence-corrected chi connectivity index (χ0v) is 13.1. The molecule has 2 aromatic rings. The summed E-state index contributed by atoms with van der Waals surface area (Å²) in [6.45, 7) is 1.53. The minimum absolute atomic E-state index is 0.0450. The van der Waals surface area contributed by atoms with Gasteiger partial charge in [0, 0.05) is 30.9 Å². The van der Waals surface area contributed by atoms with Crippen LogP contribution in [0.4, 0.5) is 0 Å². The second-order valence-electron chi connectivity index (χ2n) is 5.73. The van der Waals surface area contributed by atoms with Crippen LogP contribution in [0.2, 0.25) is 0 Å². The van der Waals surface area contributed by atoms with Crippen molar-refractivity contribution in [1.82, 2.24) is 15.3 Å². The molecule has 2 aliphatic rings. The van der Waals surface area contributed by atoms with Gasteiger partial charge in [-0.15, -0.1) is 0 Å². The van der Waals surface area contributed by atoms with E-state index < -0.39 is 0 Å². The van der Waals surface area contributed by atoms with Crippen molar-refractivity contribution >= 4 is 18.0 Å². The Labute approximate surface area is 139 Å². The summed E-state index contributed by atoms with van der Waals surface area (Å²) >= 11 is 0. The summed E-state index contributed by atoms with van der Waals surface area (Å²) in [5.41, 5.74) is 2.74. The van der Waals surface area contributed by atoms with Crippen molar-refractivity contribution in [1.29, 1.82) is 0 Å². The van der Waals surface area contributed by atoms with Crippen LogP contribution in [0.5, 0.6) is 0 Å².